The molecule has 1 fully saturated rings. The number of hydrogen-bond acceptors (Lipinski definition) is 7. The molecule has 3 aromatic rings. The largest absolute Gasteiger partial charge is 0.486 e. The van der Waals surface area contributed by atoms with E-state index < -0.39 is 12.0 Å². The van der Waals surface area contributed by atoms with Crippen molar-refractivity contribution in [3.8, 4) is 5.75 Å². The van der Waals surface area contributed by atoms with Crippen molar-refractivity contribution in [2.45, 2.75) is 32.0 Å². The summed E-state index contributed by atoms with van der Waals surface area (Å²) in [5.41, 5.74) is 8.47. The standard InChI is InChI=1S/C26H27Cl2N5O3/c1-15(24-21(27)13-31-14-22(24)28)36-19-6-7-23(29)20(12-19)25(30)26(35)32-16-2-4-17(5-3-16)33-10-8-18(34)9-11-33/h2-7,12-15,18,30,34H,8-11,29H2,1H3,(H,32,35). The number of nitrogens with zero attached hydrogens (tertiary/aromatic N) is 2. The van der Waals surface area contributed by atoms with Crippen LogP contribution in [0.4, 0.5) is 17.1 Å². The highest BCUT2D eigenvalue weighted by molar-refractivity contribution is 6.48. The number of carbonyl (C=O) groups is 1. The molecule has 1 aliphatic rings. The number of carbonyl (C=O) groups excluding carboxylic acids is 1. The van der Waals surface area contributed by atoms with Gasteiger partial charge in [-0.1, -0.05) is 23.2 Å². The molecule has 10 heteroatoms. The van der Waals surface area contributed by atoms with Gasteiger partial charge in [0.05, 0.1) is 16.1 Å². The summed E-state index contributed by atoms with van der Waals surface area (Å²) in [6.07, 6.45) is 3.70. The molecule has 188 valence electrons. The highest BCUT2D eigenvalue weighted by Crippen LogP contribution is 2.33. The van der Waals surface area contributed by atoms with E-state index >= 15 is 0 Å². The number of rotatable bonds is 7. The number of aliphatic hydroxyl groups excluding tert-OH is 1. The smallest absolute Gasteiger partial charge is 0.274 e. The van der Waals surface area contributed by atoms with Crippen LogP contribution in [-0.4, -0.2) is 40.9 Å². The third-order valence-electron chi connectivity index (χ3n) is 6.09. The molecule has 1 unspecified atom stereocenters. The third kappa shape index (κ3) is 5.90. The molecule has 2 aromatic carbocycles. The fraction of sp³-hybridized carbons (Fsp3) is 0.269. The van der Waals surface area contributed by atoms with Gasteiger partial charge >= 0.3 is 0 Å². The van der Waals surface area contributed by atoms with E-state index in [1.165, 1.54) is 12.4 Å². The lowest BCUT2D eigenvalue weighted by Crippen LogP contribution is -2.35. The molecule has 1 aliphatic heterocycles. The fourth-order valence-corrected chi connectivity index (χ4v) is 4.77. The summed E-state index contributed by atoms with van der Waals surface area (Å²) in [6.45, 7) is 3.36. The van der Waals surface area contributed by atoms with E-state index in [0.29, 0.717) is 27.0 Å². The number of halogens is 2. The van der Waals surface area contributed by atoms with Crippen molar-refractivity contribution in [3.05, 3.63) is 76.0 Å². The van der Waals surface area contributed by atoms with Crippen LogP contribution in [0.2, 0.25) is 10.0 Å². The Bertz CT molecular complexity index is 1240. The van der Waals surface area contributed by atoms with Gasteiger partial charge in [-0.2, -0.15) is 0 Å². The maximum atomic E-state index is 12.8. The number of nitrogens with two attached hydrogens (primary N) is 1. The molecule has 0 aliphatic carbocycles. The Morgan fingerprint density at radius 2 is 1.81 bits per heavy atom. The van der Waals surface area contributed by atoms with E-state index in [0.717, 1.165) is 31.6 Å². The maximum Gasteiger partial charge on any atom is 0.274 e. The van der Waals surface area contributed by atoms with E-state index in [-0.39, 0.29) is 23.1 Å². The van der Waals surface area contributed by atoms with Gasteiger partial charge in [-0.15, -0.1) is 0 Å². The van der Waals surface area contributed by atoms with Gasteiger partial charge in [0.1, 0.15) is 17.6 Å². The van der Waals surface area contributed by atoms with E-state index in [1.807, 2.05) is 12.1 Å². The van der Waals surface area contributed by atoms with Crippen molar-refractivity contribution in [1.29, 1.82) is 5.41 Å². The van der Waals surface area contributed by atoms with E-state index in [1.54, 1.807) is 37.3 Å². The van der Waals surface area contributed by atoms with E-state index in [9.17, 15) is 9.90 Å². The third-order valence-corrected chi connectivity index (χ3v) is 6.69. The summed E-state index contributed by atoms with van der Waals surface area (Å²) < 4.78 is 5.98. The SMILES string of the molecule is CC(Oc1ccc(N)c(C(=N)C(=O)Nc2ccc(N3CCC(O)CC3)cc2)c1)c1c(Cl)cncc1Cl. The zero-order valence-corrected chi connectivity index (χ0v) is 21.2. The summed E-state index contributed by atoms with van der Waals surface area (Å²) in [6, 6.07) is 12.2. The molecule has 0 spiro atoms. The average Bonchev–Trinajstić information content (AvgIpc) is 2.85. The number of benzene rings is 2. The first-order chi connectivity index (χ1) is 17.2. The van der Waals surface area contributed by atoms with E-state index in [2.05, 4.69) is 15.2 Å². The molecule has 1 amide bonds. The molecule has 0 saturated carbocycles. The topological polar surface area (TPSA) is 125 Å². The van der Waals surface area contributed by atoms with Gasteiger partial charge in [0.2, 0.25) is 0 Å². The molecule has 0 radical (unpaired) electrons. The van der Waals surface area contributed by atoms with Gasteiger partial charge in [-0.05, 0) is 62.2 Å². The molecular weight excluding hydrogens is 501 g/mol. The first-order valence-corrected chi connectivity index (χ1v) is 12.3. The zero-order valence-electron chi connectivity index (χ0n) is 19.7. The lowest BCUT2D eigenvalue weighted by Gasteiger charge is -2.31. The van der Waals surface area contributed by atoms with Gasteiger partial charge < -0.3 is 25.8 Å². The molecule has 1 aromatic heterocycles. The fourth-order valence-electron chi connectivity index (χ4n) is 4.09. The second-order valence-corrected chi connectivity index (χ2v) is 9.43. The number of pyridine rings is 1. The molecule has 4 rings (SSSR count). The lowest BCUT2D eigenvalue weighted by molar-refractivity contribution is -0.110. The predicted molar refractivity (Wildman–Crippen MR) is 144 cm³/mol. The van der Waals surface area contributed by atoms with Gasteiger partial charge in [0.15, 0.2) is 0 Å². The number of anilines is 3. The van der Waals surface area contributed by atoms with Gasteiger partial charge in [-0.25, -0.2) is 0 Å². The minimum Gasteiger partial charge on any atom is -0.486 e. The Morgan fingerprint density at radius 3 is 2.44 bits per heavy atom. The number of ether oxygens (including phenoxy) is 1. The molecule has 8 nitrogen and oxygen atoms in total. The van der Waals surface area contributed by atoms with Crippen LogP contribution in [-0.2, 0) is 4.79 Å². The molecule has 36 heavy (non-hydrogen) atoms. The first-order valence-electron chi connectivity index (χ1n) is 11.5. The van der Waals surface area contributed by atoms with Gasteiger partial charge in [-0.3, -0.25) is 15.2 Å². The number of aliphatic hydroxyl groups is 1. The lowest BCUT2D eigenvalue weighted by atomic mass is 10.1. The normalized spacial score (nSPS) is 14.8. The number of amides is 1. The predicted octanol–water partition coefficient (Wildman–Crippen LogP) is 5.08. The quantitative estimate of drug-likeness (QED) is 0.251. The molecule has 1 saturated heterocycles. The number of nitrogens with one attached hydrogen (secondary N) is 2. The second-order valence-electron chi connectivity index (χ2n) is 8.62. The van der Waals surface area contributed by atoms with Crippen LogP contribution in [0.5, 0.6) is 5.75 Å². The first kappa shape index (κ1) is 25.8. The highest BCUT2D eigenvalue weighted by Gasteiger charge is 2.20. The minimum absolute atomic E-state index is 0.239. The Hall–Kier alpha value is -3.33. The zero-order chi connectivity index (χ0) is 25.8. The summed E-state index contributed by atoms with van der Waals surface area (Å²) in [4.78, 5) is 19.0. The van der Waals surface area contributed by atoms with Crippen molar-refractivity contribution in [1.82, 2.24) is 4.98 Å². The molecule has 1 atom stereocenters. The molecular formula is C26H27Cl2N5O3. The van der Waals surface area contributed by atoms with Crippen LogP contribution < -0.4 is 20.7 Å². The van der Waals surface area contributed by atoms with Crippen molar-refractivity contribution in [3.63, 3.8) is 0 Å². The maximum absolute atomic E-state index is 12.8. The molecule has 0 bridgehead atoms. The summed E-state index contributed by atoms with van der Waals surface area (Å²) in [5.74, 6) is -0.190. The van der Waals surface area contributed by atoms with Crippen LogP contribution in [0.25, 0.3) is 0 Å². The summed E-state index contributed by atoms with van der Waals surface area (Å²) >= 11 is 12.5. The Morgan fingerprint density at radius 1 is 1.17 bits per heavy atom. The number of piperidine rings is 1. The molecule has 2 heterocycles. The van der Waals surface area contributed by atoms with Crippen LogP contribution in [0, 0.1) is 5.41 Å². The highest BCUT2D eigenvalue weighted by atomic mass is 35.5. The van der Waals surface area contributed by atoms with Crippen molar-refractivity contribution in [2.24, 2.45) is 0 Å². The van der Waals surface area contributed by atoms with Crippen LogP contribution >= 0.6 is 23.2 Å². The molecule has 5 N–H and O–H groups in total. The van der Waals surface area contributed by atoms with Crippen molar-refractivity contribution in [2.75, 3.05) is 29.0 Å². The number of nitrogen functional groups attached to an aromatic ring is 1. The van der Waals surface area contributed by atoms with Crippen LogP contribution in [0.3, 0.4) is 0 Å². The van der Waals surface area contributed by atoms with E-state index in [4.69, 9.17) is 39.1 Å². The van der Waals surface area contributed by atoms with Gasteiger partial charge in [0, 0.05) is 53.7 Å². The minimum atomic E-state index is -0.596. The number of hydrogen-bond donors (Lipinski definition) is 4. The average molecular weight is 528 g/mol. The number of aromatic nitrogens is 1. The Balaban J connectivity index is 1.43. The van der Waals surface area contributed by atoms with Crippen molar-refractivity contribution >= 4 is 51.9 Å². The second kappa shape index (κ2) is 11.2. The Kier molecular flexibility index (Phi) is 7.98. The van der Waals surface area contributed by atoms with Crippen molar-refractivity contribution < 1.29 is 14.6 Å². The summed E-state index contributed by atoms with van der Waals surface area (Å²) in [5, 5.41) is 21.6. The van der Waals surface area contributed by atoms with Gasteiger partial charge in [0.25, 0.3) is 5.91 Å². The van der Waals surface area contributed by atoms with Crippen LogP contribution in [0.1, 0.15) is 37.0 Å². The summed E-state index contributed by atoms with van der Waals surface area (Å²) in [7, 11) is 0. The Labute approximate surface area is 219 Å². The monoisotopic (exact) mass is 527 g/mol. The van der Waals surface area contributed by atoms with Crippen LogP contribution in [0.15, 0.2) is 54.9 Å².